The number of benzene rings is 1. The zero-order valence-corrected chi connectivity index (χ0v) is 16.2. The third-order valence-electron chi connectivity index (χ3n) is 5.95. The van der Waals surface area contributed by atoms with Gasteiger partial charge in [0.25, 0.3) is 0 Å². The maximum atomic E-state index is 12.9. The van der Waals surface area contributed by atoms with Crippen molar-refractivity contribution in [3.63, 3.8) is 0 Å². The first-order valence-corrected chi connectivity index (χ1v) is 10.0. The summed E-state index contributed by atoms with van der Waals surface area (Å²) in [7, 11) is 1.67. The van der Waals surface area contributed by atoms with E-state index < -0.39 is 0 Å². The fourth-order valence-corrected chi connectivity index (χ4v) is 4.25. The maximum Gasteiger partial charge on any atom is 0.236 e. The van der Waals surface area contributed by atoms with Crippen molar-refractivity contribution in [1.82, 2.24) is 9.80 Å². The van der Waals surface area contributed by atoms with E-state index in [0.29, 0.717) is 32.5 Å². The lowest BCUT2D eigenvalue weighted by atomic mass is 9.96. The van der Waals surface area contributed by atoms with Gasteiger partial charge in [0, 0.05) is 25.0 Å². The zero-order chi connectivity index (χ0) is 19.2. The van der Waals surface area contributed by atoms with Gasteiger partial charge in [-0.05, 0) is 49.9 Å². The van der Waals surface area contributed by atoms with Crippen LogP contribution >= 0.6 is 0 Å². The highest BCUT2D eigenvalue weighted by Gasteiger charge is 2.29. The van der Waals surface area contributed by atoms with E-state index in [2.05, 4.69) is 17.0 Å². The fraction of sp³-hybridized carbons (Fsp3) is 0.619. The van der Waals surface area contributed by atoms with Crippen molar-refractivity contribution in [2.24, 2.45) is 11.7 Å². The summed E-state index contributed by atoms with van der Waals surface area (Å²) < 4.78 is 5.27. The molecule has 2 N–H and O–H groups in total. The number of rotatable bonds is 5. The lowest BCUT2D eigenvalue weighted by Crippen LogP contribution is -2.46. The van der Waals surface area contributed by atoms with Crippen LogP contribution in [-0.4, -0.2) is 54.9 Å². The summed E-state index contributed by atoms with van der Waals surface area (Å²) in [6.07, 6.45) is 5.96. The lowest BCUT2D eigenvalue weighted by Gasteiger charge is -2.35. The highest BCUT2D eigenvalue weighted by molar-refractivity contribution is 5.80. The molecule has 0 radical (unpaired) electrons. The topological polar surface area (TPSA) is 75.9 Å². The van der Waals surface area contributed by atoms with E-state index in [-0.39, 0.29) is 23.8 Å². The smallest absolute Gasteiger partial charge is 0.236 e. The molecule has 0 saturated carbocycles. The van der Waals surface area contributed by atoms with Crippen LogP contribution in [0.3, 0.4) is 0 Å². The van der Waals surface area contributed by atoms with E-state index in [9.17, 15) is 9.59 Å². The van der Waals surface area contributed by atoms with E-state index in [0.717, 1.165) is 25.1 Å². The molecule has 6 heteroatoms. The van der Waals surface area contributed by atoms with Crippen LogP contribution in [0.4, 0.5) is 0 Å². The first kappa shape index (κ1) is 19.7. The van der Waals surface area contributed by atoms with Gasteiger partial charge in [-0.1, -0.05) is 25.0 Å². The Bertz CT molecular complexity index is 639. The van der Waals surface area contributed by atoms with E-state index in [1.165, 1.54) is 18.4 Å². The Balaban J connectivity index is 1.64. The van der Waals surface area contributed by atoms with Gasteiger partial charge in [0.15, 0.2) is 0 Å². The second kappa shape index (κ2) is 9.22. The summed E-state index contributed by atoms with van der Waals surface area (Å²) in [5.74, 6) is 0.694. The van der Waals surface area contributed by atoms with Crippen molar-refractivity contribution in [2.75, 3.05) is 33.3 Å². The molecule has 0 aromatic heterocycles. The predicted molar refractivity (Wildman–Crippen MR) is 104 cm³/mol. The number of hydrogen-bond donors (Lipinski definition) is 1. The first-order chi connectivity index (χ1) is 13.1. The van der Waals surface area contributed by atoms with Gasteiger partial charge in [0.05, 0.1) is 13.7 Å². The highest BCUT2D eigenvalue weighted by atomic mass is 16.5. The Labute approximate surface area is 161 Å². The molecule has 0 bridgehead atoms. The third-order valence-corrected chi connectivity index (χ3v) is 5.95. The van der Waals surface area contributed by atoms with Crippen LogP contribution in [0, 0.1) is 5.92 Å². The molecule has 1 aromatic rings. The van der Waals surface area contributed by atoms with Gasteiger partial charge in [0.1, 0.15) is 5.75 Å². The molecule has 6 nitrogen and oxygen atoms in total. The second-order valence-corrected chi connectivity index (χ2v) is 7.67. The molecule has 2 aliphatic heterocycles. The summed E-state index contributed by atoms with van der Waals surface area (Å²) in [4.78, 5) is 28.4. The number of nitrogens with zero attached hydrogens (tertiary/aromatic N) is 2. The average Bonchev–Trinajstić information content (AvgIpc) is 2.93. The average molecular weight is 373 g/mol. The summed E-state index contributed by atoms with van der Waals surface area (Å²) in [5, 5.41) is 0. The van der Waals surface area contributed by atoms with Crippen molar-refractivity contribution in [3.05, 3.63) is 29.8 Å². The number of ether oxygens (including phenoxy) is 1. The number of methoxy groups -OCH3 is 1. The summed E-state index contributed by atoms with van der Waals surface area (Å²) in [5.41, 5.74) is 6.65. The number of carbonyl (C=O) groups excluding carboxylic acids is 2. The number of primary amides is 1. The first-order valence-electron chi connectivity index (χ1n) is 10.0. The Morgan fingerprint density at radius 2 is 1.74 bits per heavy atom. The van der Waals surface area contributed by atoms with Crippen molar-refractivity contribution < 1.29 is 14.3 Å². The van der Waals surface area contributed by atoms with Crippen LogP contribution in [-0.2, 0) is 9.59 Å². The molecular weight excluding hydrogens is 342 g/mol. The number of likely N-dealkylation sites (tertiary alicyclic amines) is 2. The van der Waals surface area contributed by atoms with Gasteiger partial charge in [-0.3, -0.25) is 14.5 Å². The normalized spacial score (nSPS) is 22.3. The number of hydrogen-bond acceptors (Lipinski definition) is 4. The van der Waals surface area contributed by atoms with Gasteiger partial charge >= 0.3 is 0 Å². The van der Waals surface area contributed by atoms with E-state index in [1.54, 1.807) is 7.11 Å². The summed E-state index contributed by atoms with van der Waals surface area (Å²) in [6, 6.07) is 8.49. The van der Waals surface area contributed by atoms with Crippen LogP contribution in [0.25, 0.3) is 0 Å². The summed E-state index contributed by atoms with van der Waals surface area (Å²) in [6.45, 7) is 2.65. The SMILES string of the molecule is COc1ccc([C@H]2CCCCCN2CC(=O)N2CCC(C(N)=O)CC2)cc1. The largest absolute Gasteiger partial charge is 0.497 e. The molecule has 1 atom stereocenters. The molecule has 27 heavy (non-hydrogen) atoms. The fourth-order valence-electron chi connectivity index (χ4n) is 4.25. The molecule has 0 aliphatic carbocycles. The van der Waals surface area contributed by atoms with Gasteiger partial charge in [-0.2, -0.15) is 0 Å². The minimum Gasteiger partial charge on any atom is -0.497 e. The van der Waals surface area contributed by atoms with Gasteiger partial charge < -0.3 is 15.4 Å². The van der Waals surface area contributed by atoms with Crippen LogP contribution in [0.1, 0.15) is 50.1 Å². The van der Waals surface area contributed by atoms with E-state index >= 15 is 0 Å². The molecule has 148 valence electrons. The van der Waals surface area contributed by atoms with Crippen LogP contribution in [0.2, 0.25) is 0 Å². The van der Waals surface area contributed by atoms with Gasteiger partial charge in [-0.15, -0.1) is 0 Å². The van der Waals surface area contributed by atoms with Crippen molar-refractivity contribution in [3.8, 4) is 5.75 Å². The standard InChI is InChI=1S/C21H31N3O3/c1-27-18-8-6-16(7-9-18)19-5-3-2-4-12-24(19)15-20(25)23-13-10-17(11-14-23)21(22)26/h6-9,17,19H,2-5,10-15H2,1H3,(H2,22,26)/t19-/m1/s1. The summed E-state index contributed by atoms with van der Waals surface area (Å²) >= 11 is 0. The number of piperidine rings is 1. The highest BCUT2D eigenvalue weighted by Crippen LogP contribution is 2.31. The molecule has 0 unspecified atom stereocenters. The van der Waals surface area contributed by atoms with Crippen molar-refractivity contribution in [1.29, 1.82) is 0 Å². The van der Waals surface area contributed by atoms with Crippen LogP contribution < -0.4 is 10.5 Å². The minimum absolute atomic E-state index is 0.0840. The van der Waals surface area contributed by atoms with Crippen molar-refractivity contribution >= 4 is 11.8 Å². The van der Waals surface area contributed by atoms with Crippen LogP contribution in [0.15, 0.2) is 24.3 Å². The molecule has 2 heterocycles. The lowest BCUT2D eigenvalue weighted by molar-refractivity contribution is -0.136. The number of amides is 2. The Hall–Kier alpha value is -2.08. The Kier molecular flexibility index (Phi) is 6.72. The Morgan fingerprint density at radius 1 is 1.04 bits per heavy atom. The zero-order valence-electron chi connectivity index (χ0n) is 16.2. The van der Waals surface area contributed by atoms with Crippen molar-refractivity contribution in [2.45, 2.75) is 44.6 Å². The Morgan fingerprint density at radius 3 is 2.37 bits per heavy atom. The van der Waals surface area contributed by atoms with Gasteiger partial charge in [-0.25, -0.2) is 0 Å². The minimum atomic E-state index is -0.241. The molecule has 2 saturated heterocycles. The molecule has 2 fully saturated rings. The molecular formula is C21H31N3O3. The number of nitrogens with two attached hydrogens (primary N) is 1. The quantitative estimate of drug-likeness (QED) is 0.859. The van der Waals surface area contributed by atoms with Crippen LogP contribution in [0.5, 0.6) is 5.75 Å². The molecule has 3 rings (SSSR count). The van der Waals surface area contributed by atoms with E-state index in [1.807, 2.05) is 17.0 Å². The monoisotopic (exact) mass is 373 g/mol. The number of carbonyl (C=O) groups is 2. The molecule has 0 spiro atoms. The molecule has 2 aliphatic rings. The maximum absolute atomic E-state index is 12.9. The third kappa shape index (κ3) is 5.01. The van der Waals surface area contributed by atoms with E-state index in [4.69, 9.17) is 10.5 Å². The molecule has 2 amide bonds. The second-order valence-electron chi connectivity index (χ2n) is 7.67. The molecule has 1 aromatic carbocycles. The predicted octanol–water partition coefficient (Wildman–Crippen LogP) is 2.34. The van der Waals surface area contributed by atoms with Gasteiger partial charge in [0.2, 0.25) is 11.8 Å².